The maximum atomic E-state index is 13.1. The van der Waals surface area contributed by atoms with Gasteiger partial charge < -0.3 is 10.1 Å². The highest BCUT2D eigenvalue weighted by Gasteiger charge is 2.15. The Morgan fingerprint density at radius 3 is 2.54 bits per heavy atom. The Hall–Kier alpha value is -3.66. The normalized spacial score (nSPS) is 10.6. The van der Waals surface area contributed by atoms with Gasteiger partial charge >= 0.3 is 0 Å². The minimum Gasteiger partial charge on any atom is -0.457 e. The Balaban J connectivity index is 1.68. The van der Waals surface area contributed by atoms with Gasteiger partial charge in [0.2, 0.25) is 0 Å². The fourth-order valence-corrected chi connectivity index (χ4v) is 3.11. The van der Waals surface area contributed by atoms with E-state index in [-0.39, 0.29) is 5.91 Å². The van der Waals surface area contributed by atoms with Gasteiger partial charge in [-0.2, -0.15) is 0 Å². The van der Waals surface area contributed by atoms with Gasteiger partial charge in [-0.05, 0) is 55.8 Å². The maximum absolute atomic E-state index is 13.1. The molecule has 0 aliphatic carbocycles. The lowest BCUT2D eigenvalue weighted by Crippen LogP contribution is -2.13. The first kappa shape index (κ1) is 17.7. The number of hydrogen-bond donors (Lipinski definition) is 1. The zero-order valence-corrected chi connectivity index (χ0v) is 15.8. The number of aromatic nitrogens is 1. The first-order valence-corrected chi connectivity index (χ1v) is 9.10. The summed E-state index contributed by atoms with van der Waals surface area (Å²) in [6, 6.07) is 22.9. The number of pyridine rings is 1. The third-order valence-electron chi connectivity index (χ3n) is 4.48. The molecule has 0 fully saturated rings. The average Bonchev–Trinajstić information content (AvgIpc) is 2.69. The quantitative estimate of drug-likeness (QED) is 0.488. The maximum Gasteiger partial charge on any atom is 0.259 e. The lowest BCUT2D eigenvalue weighted by Gasteiger charge is -2.13. The third-order valence-corrected chi connectivity index (χ3v) is 4.48. The van der Waals surface area contributed by atoms with Crippen LogP contribution in [0.4, 0.5) is 5.69 Å². The summed E-state index contributed by atoms with van der Waals surface area (Å²) in [5.41, 5.74) is 3.99. The molecule has 0 bridgehead atoms. The highest BCUT2D eigenvalue weighted by atomic mass is 16.5. The number of benzene rings is 3. The van der Waals surface area contributed by atoms with E-state index in [0.29, 0.717) is 22.7 Å². The second-order valence-electron chi connectivity index (χ2n) is 6.75. The number of amides is 1. The Labute approximate surface area is 163 Å². The van der Waals surface area contributed by atoms with Gasteiger partial charge in [0.1, 0.15) is 11.5 Å². The number of hydrogen-bond acceptors (Lipinski definition) is 3. The number of rotatable bonds is 4. The molecular weight excluding hydrogens is 348 g/mol. The van der Waals surface area contributed by atoms with Crippen molar-refractivity contribution in [2.24, 2.45) is 0 Å². The fourth-order valence-electron chi connectivity index (χ4n) is 3.11. The van der Waals surface area contributed by atoms with Crippen LogP contribution in [0.2, 0.25) is 0 Å². The Kier molecular flexibility index (Phi) is 4.77. The molecule has 4 heteroatoms. The summed E-state index contributed by atoms with van der Waals surface area (Å²) in [6.45, 7) is 3.95. The summed E-state index contributed by atoms with van der Waals surface area (Å²) in [6.07, 6.45) is 1.72. The van der Waals surface area contributed by atoms with Crippen molar-refractivity contribution in [2.75, 3.05) is 5.32 Å². The number of carbonyl (C=O) groups excluding carboxylic acids is 1. The molecule has 3 aromatic carbocycles. The van der Waals surface area contributed by atoms with Crippen LogP contribution in [0, 0.1) is 13.8 Å². The number of nitrogens with zero attached hydrogens (tertiary/aromatic N) is 1. The Morgan fingerprint density at radius 1 is 0.893 bits per heavy atom. The molecule has 0 radical (unpaired) electrons. The van der Waals surface area contributed by atoms with E-state index in [4.69, 9.17) is 4.74 Å². The molecule has 0 atom stereocenters. The summed E-state index contributed by atoms with van der Waals surface area (Å²) < 4.78 is 6.02. The van der Waals surface area contributed by atoms with E-state index in [1.807, 2.05) is 86.6 Å². The van der Waals surface area contributed by atoms with Crippen LogP contribution in [0.1, 0.15) is 21.5 Å². The number of anilines is 1. The second kappa shape index (κ2) is 7.53. The zero-order valence-electron chi connectivity index (χ0n) is 15.8. The second-order valence-corrected chi connectivity index (χ2v) is 6.75. The molecule has 0 saturated carbocycles. The highest BCUT2D eigenvalue weighted by Crippen LogP contribution is 2.28. The van der Waals surface area contributed by atoms with Crippen molar-refractivity contribution < 1.29 is 9.53 Å². The summed E-state index contributed by atoms with van der Waals surface area (Å²) in [7, 11) is 0. The number of carbonyl (C=O) groups is 1. The van der Waals surface area contributed by atoms with Crippen LogP contribution in [0.3, 0.4) is 0 Å². The van der Waals surface area contributed by atoms with Gasteiger partial charge in [-0.1, -0.05) is 42.0 Å². The van der Waals surface area contributed by atoms with Gasteiger partial charge in [0, 0.05) is 11.6 Å². The van der Waals surface area contributed by atoms with Gasteiger partial charge in [0.05, 0.1) is 16.8 Å². The lowest BCUT2D eigenvalue weighted by molar-refractivity contribution is 0.102. The number of fused-ring (bicyclic) bond motifs is 1. The topological polar surface area (TPSA) is 51.2 Å². The van der Waals surface area contributed by atoms with E-state index in [0.717, 1.165) is 22.0 Å². The lowest BCUT2D eigenvalue weighted by atomic mass is 10.1. The highest BCUT2D eigenvalue weighted by molar-refractivity contribution is 6.09. The van der Waals surface area contributed by atoms with Crippen molar-refractivity contribution in [3.8, 4) is 11.5 Å². The molecule has 0 spiro atoms. The van der Waals surface area contributed by atoms with Gasteiger partial charge in [0.25, 0.3) is 5.91 Å². The smallest absolute Gasteiger partial charge is 0.259 e. The zero-order chi connectivity index (χ0) is 19.5. The predicted molar refractivity (Wildman–Crippen MR) is 112 cm³/mol. The van der Waals surface area contributed by atoms with Gasteiger partial charge in [-0.3, -0.25) is 9.78 Å². The van der Waals surface area contributed by atoms with Crippen molar-refractivity contribution in [3.05, 3.63) is 95.7 Å². The molecule has 138 valence electrons. The molecule has 4 rings (SSSR count). The molecule has 0 aliphatic heterocycles. The molecule has 1 amide bonds. The number of para-hydroxylation sites is 1. The summed E-state index contributed by atoms with van der Waals surface area (Å²) in [5.74, 6) is 0.983. The molecule has 0 saturated heterocycles. The molecule has 28 heavy (non-hydrogen) atoms. The molecule has 4 aromatic rings. The molecule has 1 heterocycles. The van der Waals surface area contributed by atoms with Gasteiger partial charge in [-0.15, -0.1) is 0 Å². The fraction of sp³-hybridized carbons (Fsp3) is 0.0833. The summed E-state index contributed by atoms with van der Waals surface area (Å²) in [5, 5.41) is 3.96. The molecular formula is C24H20N2O2. The average molecular weight is 368 g/mol. The van der Waals surface area contributed by atoms with Crippen LogP contribution in [0.25, 0.3) is 10.9 Å². The number of nitrogens with one attached hydrogen (secondary N) is 1. The van der Waals surface area contributed by atoms with Gasteiger partial charge in [-0.25, -0.2) is 0 Å². The van der Waals surface area contributed by atoms with Crippen molar-refractivity contribution >= 4 is 22.5 Å². The van der Waals surface area contributed by atoms with E-state index in [1.165, 1.54) is 0 Å². The standard InChI is InChI=1S/C24H20N2O2/c1-16-6-3-9-19(14-16)28-22-12-11-17(2)15-20(22)24(27)26-21-10-4-7-18-8-5-13-25-23(18)21/h3-15H,1-2H3,(H,26,27). The van der Waals surface area contributed by atoms with Gasteiger partial charge in [0.15, 0.2) is 0 Å². The van der Waals surface area contributed by atoms with Crippen LogP contribution in [0.5, 0.6) is 11.5 Å². The van der Waals surface area contributed by atoms with E-state index in [1.54, 1.807) is 6.20 Å². The van der Waals surface area contributed by atoms with Crippen LogP contribution >= 0.6 is 0 Å². The van der Waals surface area contributed by atoms with Crippen LogP contribution < -0.4 is 10.1 Å². The van der Waals surface area contributed by atoms with Crippen molar-refractivity contribution in [3.63, 3.8) is 0 Å². The predicted octanol–water partition coefficient (Wildman–Crippen LogP) is 5.90. The Morgan fingerprint density at radius 2 is 1.68 bits per heavy atom. The first-order chi connectivity index (χ1) is 13.6. The Bertz CT molecular complexity index is 1160. The van der Waals surface area contributed by atoms with Crippen LogP contribution in [-0.4, -0.2) is 10.9 Å². The van der Waals surface area contributed by atoms with Crippen molar-refractivity contribution in [1.29, 1.82) is 0 Å². The van der Waals surface area contributed by atoms with Crippen molar-refractivity contribution in [1.82, 2.24) is 4.98 Å². The molecule has 1 N–H and O–H groups in total. The third kappa shape index (κ3) is 3.71. The van der Waals surface area contributed by atoms with Crippen LogP contribution in [0.15, 0.2) is 79.0 Å². The molecule has 0 aliphatic rings. The molecule has 1 aromatic heterocycles. The first-order valence-electron chi connectivity index (χ1n) is 9.10. The van der Waals surface area contributed by atoms with Crippen molar-refractivity contribution in [2.45, 2.75) is 13.8 Å². The summed E-state index contributed by atoms with van der Waals surface area (Å²) >= 11 is 0. The van der Waals surface area contributed by atoms with Crippen LogP contribution in [-0.2, 0) is 0 Å². The summed E-state index contributed by atoms with van der Waals surface area (Å²) in [4.78, 5) is 17.5. The molecule has 4 nitrogen and oxygen atoms in total. The largest absolute Gasteiger partial charge is 0.457 e. The number of aryl methyl sites for hydroxylation is 2. The monoisotopic (exact) mass is 368 g/mol. The SMILES string of the molecule is Cc1cccc(Oc2ccc(C)cc2C(=O)Nc2cccc3cccnc23)c1. The minimum absolute atomic E-state index is 0.232. The van der Waals surface area contributed by atoms with E-state index in [2.05, 4.69) is 10.3 Å². The molecule has 0 unspecified atom stereocenters. The van der Waals surface area contributed by atoms with E-state index in [9.17, 15) is 4.79 Å². The van der Waals surface area contributed by atoms with E-state index >= 15 is 0 Å². The number of ether oxygens (including phenoxy) is 1. The minimum atomic E-state index is -0.232. The van der Waals surface area contributed by atoms with E-state index < -0.39 is 0 Å².